The van der Waals surface area contributed by atoms with Gasteiger partial charge in [0.2, 0.25) is 11.8 Å². The van der Waals surface area contributed by atoms with Crippen LogP contribution in [-0.2, 0) is 27.3 Å². The number of carbonyl (C=O) groups excluding carboxylic acids is 4. The van der Waals surface area contributed by atoms with Crippen molar-refractivity contribution in [2.45, 2.75) is 52.0 Å². The number of alkyl halides is 1. The molecule has 1 aromatic carbocycles. The number of aromatic nitrogens is 2. The minimum atomic E-state index is -1.82. The van der Waals surface area contributed by atoms with Gasteiger partial charge in [-0.05, 0) is 51.6 Å². The molecule has 13 heteroatoms. The molecule has 3 rings (SSSR count). The van der Waals surface area contributed by atoms with Crippen molar-refractivity contribution in [1.29, 1.82) is 0 Å². The number of benzene rings is 1. The number of hydrogen-bond donors (Lipinski definition) is 3. The fraction of sp³-hybridized carbons (Fsp3) is 0.500. The highest BCUT2D eigenvalue weighted by molar-refractivity contribution is 5.98. The monoisotopic (exact) mass is 547 g/mol. The van der Waals surface area contributed by atoms with Crippen LogP contribution < -0.4 is 16.0 Å². The van der Waals surface area contributed by atoms with Gasteiger partial charge in [-0.15, -0.1) is 0 Å². The zero-order valence-electron chi connectivity index (χ0n) is 22.5. The van der Waals surface area contributed by atoms with Crippen LogP contribution in [0.15, 0.2) is 30.5 Å². The summed E-state index contributed by atoms with van der Waals surface area (Å²) in [5, 5.41) is 11.3. The number of carbonyl (C=O) groups is 4. The second-order valence-corrected chi connectivity index (χ2v) is 9.57. The van der Waals surface area contributed by atoms with E-state index < -0.39 is 35.8 Å². The molecule has 2 aromatic rings. The molecule has 1 fully saturated rings. The summed E-state index contributed by atoms with van der Waals surface area (Å²) in [5.41, 5.74) is 0.554. The predicted octanol–water partition coefficient (Wildman–Crippen LogP) is 0.958. The number of nitrogens with one attached hydrogen (secondary N) is 3. The third kappa shape index (κ3) is 7.82. The smallest absolute Gasteiger partial charge is 0.269 e. The van der Waals surface area contributed by atoms with Crippen LogP contribution in [0.5, 0.6) is 0 Å². The summed E-state index contributed by atoms with van der Waals surface area (Å²) in [7, 11) is 1.95. The van der Waals surface area contributed by atoms with Gasteiger partial charge in [0.05, 0.1) is 12.2 Å². The molecule has 1 aliphatic heterocycles. The van der Waals surface area contributed by atoms with E-state index in [1.807, 2.05) is 20.9 Å². The van der Waals surface area contributed by atoms with Crippen LogP contribution in [0.2, 0.25) is 0 Å². The molecular formula is C26H35F2N7O4. The van der Waals surface area contributed by atoms with Crippen LogP contribution in [0.1, 0.15) is 36.8 Å². The molecule has 1 aliphatic rings. The lowest BCUT2D eigenvalue weighted by Crippen LogP contribution is -2.58. The molecule has 0 radical (unpaired) electrons. The molecule has 0 saturated carbocycles. The van der Waals surface area contributed by atoms with Gasteiger partial charge in [-0.3, -0.25) is 23.9 Å². The number of aryl methyl sites for hydroxylation is 1. The van der Waals surface area contributed by atoms with E-state index in [-0.39, 0.29) is 30.6 Å². The van der Waals surface area contributed by atoms with Gasteiger partial charge in [0.15, 0.2) is 6.17 Å². The Morgan fingerprint density at radius 1 is 1.18 bits per heavy atom. The lowest BCUT2D eigenvalue weighted by Gasteiger charge is -2.39. The van der Waals surface area contributed by atoms with Crippen LogP contribution >= 0.6 is 0 Å². The summed E-state index contributed by atoms with van der Waals surface area (Å²) in [5.74, 6) is -3.19. The Bertz CT molecular complexity index is 1200. The number of piperazine rings is 1. The summed E-state index contributed by atoms with van der Waals surface area (Å²) < 4.78 is 29.9. The van der Waals surface area contributed by atoms with Crippen LogP contribution in [0.25, 0.3) is 0 Å². The van der Waals surface area contributed by atoms with Crippen molar-refractivity contribution in [3.05, 3.63) is 47.5 Å². The highest BCUT2D eigenvalue weighted by Gasteiger charge is 2.31. The quantitative estimate of drug-likeness (QED) is 0.407. The fourth-order valence-electron chi connectivity index (χ4n) is 4.20. The predicted molar refractivity (Wildman–Crippen MR) is 140 cm³/mol. The first-order valence-electron chi connectivity index (χ1n) is 12.8. The second kappa shape index (κ2) is 13.3. The number of halogens is 2. The Hall–Kier alpha value is -3.87. The van der Waals surface area contributed by atoms with Crippen molar-refractivity contribution in [3.63, 3.8) is 0 Å². The third-order valence-electron chi connectivity index (χ3n) is 6.65. The van der Waals surface area contributed by atoms with Gasteiger partial charge in [-0.2, -0.15) is 5.10 Å². The number of rotatable bonds is 10. The van der Waals surface area contributed by atoms with Gasteiger partial charge in [0, 0.05) is 44.8 Å². The van der Waals surface area contributed by atoms with E-state index in [9.17, 15) is 28.0 Å². The van der Waals surface area contributed by atoms with Crippen LogP contribution in [0.3, 0.4) is 0 Å². The maximum absolute atomic E-state index is 14.9. The van der Waals surface area contributed by atoms with E-state index in [0.717, 1.165) is 13.0 Å². The molecule has 3 atom stereocenters. The Morgan fingerprint density at radius 2 is 1.92 bits per heavy atom. The second-order valence-electron chi connectivity index (χ2n) is 9.57. The summed E-state index contributed by atoms with van der Waals surface area (Å²) in [6.07, 6.45) is -0.406. The van der Waals surface area contributed by atoms with Gasteiger partial charge in [-0.25, -0.2) is 8.78 Å². The average Bonchev–Trinajstić information content (AvgIpc) is 3.38. The third-order valence-corrected chi connectivity index (χ3v) is 6.65. The standard InChI is InChI=1S/C26H35F2N7O4/c1-5-35-22(8-9-30-35)25(38)29-14-23(36)31-20-7-6-18(12-19(20)28)13-21(32-24(37)17(3)27)26(39)34-11-10-33(4)16(2)15-34/h6-9,12,16-17,21H,5,10-11,13-15H2,1-4H3,(H,29,38)(H,31,36)(H,32,37). The lowest BCUT2D eigenvalue weighted by atomic mass is 10.0. The molecule has 1 aromatic heterocycles. The normalized spacial score (nSPS) is 17.3. The molecule has 0 spiro atoms. The molecule has 3 unspecified atom stereocenters. The zero-order chi connectivity index (χ0) is 28.7. The summed E-state index contributed by atoms with van der Waals surface area (Å²) in [6.45, 7) is 6.52. The van der Waals surface area contributed by atoms with E-state index >= 15 is 0 Å². The first kappa shape index (κ1) is 29.7. The molecule has 3 N–H and O–H groups in total. The Morgan fingerprint density at radius 3 is 2.56 bits per heavy atom. The van der Waals surface area contributed by atoms with Crippen LogP contribution in [-0.4, -0.2) is 94.7 Å². The molecule has 0 bridgehead atoms. The van der Waals surface area contributed by atoms with Crippen molar-refractivity contribution in [2.75, 3.05) is 38.5 Å². The molecule has 0 aliphatic carbocycles. The van der Waals surface area contributed by atoms with E-state index in [0.29, 0.717) is 37.4 Å². The number of nitrogens with zero attached hydrogens (tertiary/aromatic N) is 4. The van der Waals surface area contributed by atoms with Crippen LogP contribution in [0.4, 0.5) is 14.5 Å². The van der Waals surface area contributed by atoms with E-state index in [4.69, 9.17) is 0 Å². The minimum absolute atomic E-state index is 0.0652. The van der Waals surface area contributed by atoms with Gasteiger partial charge in [-0.1, -0.05) is 6.07 Å². The van der Waals surface area contributed by atoms with Gasteiger partial charge >= 0.3 is 0 Å². The van der Waals surface area contributed by atoms with Gasteiger partial charge in [0.25, 0.3) is 11.8 Å². The fourth-order valence-corrected chi connectivity index (χ4v) is 4.20. The lowest BCUT2D eigenvalue weighted by molar-refractivity contribution is -0.139. The average molecular weight is 548 g/mol. The minimum Gasteiger partial charge on any atom is -0.342 e. The Labute approximate surface area is 225 Å². The molecule has 11 nitrogen and oxygen atoms in total. The number of likely N-dealkylation sites (N-methyl/N-ethyl adjacent to an activating group) is 1. The molecule has 212 valence electrons. The summed E-state index contributed by atoms with van der Waals surface area (Å²) in [4.78, 5) is 53.6. The van der Waals surface area contributed by atoms with Crippen molar-refractivity contribution in [3.8, 4) is 0 Å². The Balaban J connectivity index is 1.64. The molecule has 4 amide bonds. The molecule has 1 saturated heterocycles. The first-order chi connectivity index (χ1) is 18.5. The van der Waals surface area contributed by atoms with Gasteiger partial charge in [0.1, 0.15) is 17.6 Å². The molecule has 39 heavy (non-hydrogen) atoms. The van der Waals surface area contributed by atoms with Crippen LogP contribution in [0, 0.1) is 5.82 Å². The maximum atomic E-state index is 14.9. The summed E-state index contributed by atoms with van der Waals surface area (Å²) >= 11 is 0. The van der Waals surface area contributed by atoms with Crippen molar-refractivity contribution < 1.29 is 28.0 Å². The van der Waals surface area contributed by atoms with Crippen molar-refractivity contribution in [2.24, 2.45) is 0 Å². The van der Waals surface area contributed by atoms with E-state index in [1.165, 1.54) is 29.1 Å². The zero-order valence-corrected chi connectivity index (χ0v) is 22.5. The van der Waals surface area contributed by atoms with E-state index in [2.05, 4.69) is 25.9 Å². The van der Waals surface area contributed by atoms with E-state index in [1.54, 1.807) is 4.90 Å². The number of amides is 4. The molecular weight excluding hydrogens is 512 g/mol. The molecule has 2 heterocycles. The largest absolute Gasteiger partial charge is 0.342 e. The highest BCUT2D eigenvalue weighted by atomic mass is 19.1. The Kier molecular flexibility index (Phi) is 10.1. The maximum Gasteiger partial charge on any atom is 0.269 e. The number of anilines is 1. The summed E-state index contributed by atoms with van der Waals surface area (Å²) in [6, 6.07) is 4.53. The highest BCUT2D eigenvalue weighted by Crippen LogP contribution is 2.18. The van der Waals surface area contributed by atoms with Crippen molar-refractivity contribution in [1.82, 2.24) is 30.2 Å². The van der Waals surface area contributed by atoms with Crippen molar-refractivity contribution >= 4 is 29.3 Å². The van der Waals surface area contributed by atoms with Gasteiger partial charge < -0.3 is 25.8 Å². The topological polar surface area (TPSA) is 129 Å². The first-order valence-corrected chi connectivity index (χ1v) is 12.8. The SMILES string of the molecule is CCn1nccc1C(=O)NCC(=O)Nc1ccc(CC(NC(=O)C(C)F)C(=O)N2CCN(C)C(C)C2)cc1F. The number of hydrogen-bond acceptors (Lipinski definition) is 6.